The summed E-state index contributed by atoms with van der Waals surface area (Å²) in [5.41, 5.74) is 2.38. The molecule has 3 heterocycles. The number of carbonyl (C=O) groups excluding carboxylic acids is 2. The highest BCUT2D eigenvalue weighted by Gasteiger charge is 2.41. The predicted molar refractivity (Wildman–Crippen MR) is 127 cm³/mol. The van der Waals surface area contributed by atoms with Crippen LogP contribution in [0.3, 0.4) is 0 Å². The zero-order chi connectivity index (χ0) is 24.2. The van der Waals surface area contributed by atoms with Crippen molar-refractivity contribution in [1.82, 2.24) is 10.2 Å². The molecular weight excluding hydrogens is 458 g/mol. The van der Waals surface area contributed by atoms with Crippen molar-refractivity contribution in [2.45, 2.75) is 25.9 Å². The molecule has 1 aromatic carbocycles. The maximum absolute atomic E-state index is 12.9. The normalized spacial score (nSPS) is 17.1. The Morgan fingerprint density at radius 1 is 1.18 bits per heavy atom. The van der Waals surface area contributed by atoms with Crippen LogP contribution in [0, 0.1) is 0 Å². The van der Waals surface area contributed by atoms with Gasteiger partial charge in [-0.15, -0.1) is 0 Å². The number of amides is 1. The molecule has 0 radical (unpaired) electrons. The maximum Gasteiger partial charge on any atom is 0.338 e. The van der Waals surface area contributed by atoms with Crippen molar-refractivity contribution in [3.63, 3.8) is 0 Å². The number of aliphatic imine (C=N–C) groups is 1. The van der Waals surface area contributed by atoms with Crippen LogP contribution in [0.5, 0.6) is 11.5 Å². The summed E-state index contributed by atoms with van der Waals surface area (Å²) in [6.07, 6.45) is 1.65. The van der Waals surface area contributed by atoms with Crippen molar-refractivity contribution in [1.29, 1.82) is 0 Å². The quantitative estimate of drug-likeness (QED) is 0.567. The fourth-order valence-corrected chi connectivity index (χ4v) is 4.83. The Kier molecular flexibility index (Phi) is 6.97. The van der Waals surface area contributed by atoms with Gasteiger partial charge in [-0.3, -0.25) is 4.79 Å². The summed E-state index contributed by atoms with van der Waals surface area (Å²) in [5, 5.41) is 5.41. The molecule has 2 aliphatic heterocycles. The lowest BCUT2D eigenvalue weighted by Crippen LogP contribution is -2.37. The molecule has 0 saturated heterocycles. The van der Waals surface area contributed by atoms with Gasteiger partial charge in [0.15, 0.2) is 5.17 Å². The number of nitrogens with zero attached hydrogens (tertiary/aromatic N) is 2. The van der Waals surface area contributed by atoms with Gasteiger partial charge in [-0.2, -0.15) is 0 Å². The summed E-state index contributed by atoms with van der Waals surface area (Å²) in [6, 6.07) is 8.41. The molecular formula is C24H25N3O6S. The van der Waals surface area contributed by atoms with Gasteiger partial charge in [-0.1, -0.05) is 11.8 Å². The van der Waals surface area contributed by atoms with Crippen LogP contribution in [-0.2, 0) is 20.9 Å². The van der Waals surface area contributed by atoms with Gasteiger partial charge in [0.05, 0.1) is 57.9 Å². The average Bonchev–Trinajstić information content (AvgIpc) is 3.51. The van der Waals surface area contributed by atoms with E-state index < -0.39 is 12.0 Å². The number of methoxy groups -OCH3 is 3. The van der Waals surface area contributed by atoms with Gasteiger partial charge in [-0.25, -0.2) is 9.79 Å². The largest absolute Gasteiger partial charge is 0.497 e. The molecule has 1 unspecified atom stereocenters. The van der Waals surface area contributed by atoms with Crippen LogP contribution in [0.4, 0.5) is 0 Å². The van der Waals surface area contributed by atoms with Crippen LogP contribution in [0.15, 0.2) is 68.4 Å². The predicted octanol–water partition coefficient (Wildman–Crippen LogP) is 3.75. The number of allylic oxidation sites excluding steroid dienone is 1. The Balaban J connectivity index is 1.69. The number of ether oxygens (including phenoxy) is 3. The minimum Gasteiger partial charge on any atom is -0.497 e. The number of nitrogens with one attached hydrogen (secondary N) is 1. The van der Waals surface area contributed by atoms with Crippen molar-refractivity contribution in [3.8, 4) is 11.5 Å². The topological polar surface area (TPSA) is 103 Å². The first-order valence-electron chi connectivity index (χ1n) is 10.5. The van der Waals surface area contributed by atoms with Crippen LogP contribution in [0.2, 0.25) is 0 Å². The van der Waals surface area contributed by atoms with Crippen molar-refractivity contribution < 1.29 is 28.2 Å². The Labute approximate surface area is 201 Å². The molecule has 34 heavy (non-hydrogen) atoms. The summed E-state index contributed by atoms with van der Waals surface area (Å²) in [6.45, 7) is 2.06. The fraction of sp³-hybridized carbons (Fsp3) is 0.292. The van der Waals surface area contributed by atoms with Gasteiger partial charge in [0.1, 0.15) is 17.3 Å². The molecule has 2 aromatic rings. The van der Waals surface area contributed by atoms with Crippen LogP contribution in [0.1, 0.15) is 30.7 Å². The number of hydrogen-bond acceptors (Lipinski definition) is 9. The second kappa shape index (κ2) is 10.1. The number of rotatable bonds is 8. The third-order valence-corrected chi connectivity index (χ3v) is 6.37. The summed E-state index contributed by atoms with van der Waals surface area (Å²) in [4.78, 5) is 32.1. The van der Waals surface area contributed by atoms with E-state index >= 15 is 0 Å². The molecule has 0 aliphatic carbocycles. The lowest BCUT2D eigenvalue weighted by atomic mass is 9.93. The molecule has 178 valence electrons. The van der Waals surface area contributed by atoms with E-state index in [1.54, 1.807) is 45.6 Å². The summed E-state index contributed by atoms with van der Waals surface area (Å²) in [5.74, 6) is 1.14. The molecule has 0 spiro atoms. The maximum atomic E-state index is 12.9. The monoisotopic (exact) mass is 483 g/mol. The van der Waals surface area contributed by atoms with Gasteiger partial charge in [0, 0.05) is 11.8 Å². The lowest BCUT2D eigenvalue weighted by molar-refractivity contribution is -0.136. The molecule has 1 atom stereocenters. The zero-order valence-corrected chi connectivity index (χ0v) is 20.1. The van der Waals surface area contributed by atoms with Crippen LogP contribution in [-0.4, -0.2) is 43.3 Å². The Morgan fingerprint density at radius 3 is 2.53 bits per heavy atom. The molecule has 2 aliphatic rings. The van der Waals surface area contributed by atoms with E-state index in [9.17, 15) is 9.59 Å². The van der Waals surface area contributed by atoms with Gasteiger partial charge in [0.2, 0.25) is 5.91 Å². The third-order valence-electron chi connectivity index (χ3n) is 5.48. The molecule has 4 rings (SSSR count). The zero-order valence-electron chi connectivity index (χ0n) is 19.3. The summed E-state index contributed by atoms with van der Waals surface area (Å²) >= 11 is 1.40. The first-order valence-corrected chi connectivity index (χ1v) is 11.4. The average molecular weight is 484 g/mol. The highest BCUT2D eigenvalue weighted by Crippen LogP contribution is 2.46. The highest BCUT2D eigenvalue weighted by molar-refractivity contribution is 8.16. The summed E-state index contributed by atoms with van der Waals surface area (Å²) in [7, 11) is 4.46. The minimum absolute atomic E-state index is 0.0951. The SMILES string of the molecule is COC(=O)C1=C(C)N=C2SC=C(CC(=O)NCc3ccco3)N2C1c1cc(OC)cc(OC)c1. The first-order chi connectivity index (χ1) is 16.4. The number of amidine groups is 1. The molecule has 10 heteroatoms. The third kappa shape index (κ3) is 4.67. The molecule has 0 bridgehead atoms. The second-order valence-corrected chi connectivity index (χ2v) is 8.40. The smallest absolute Gasteiger partial charge is 0.338 e. The number of benzene rings is 1. The lowest BCUT2D eigenvalue weighted by Gasteiger charge is -2.36. The van der Waals surface area contributed by atoms with E-state index in [4.69, 9.17) is 18.6 Å². The van der Waals surface area contributed by atoms with Gasteiger partial charge >= 0.3 is 5.97 Å². The number of fused-ring (bicyclic) bond motifs is 1. The van der Waals surface area contributed by atoms with E-state index in [2.05, 4.69) is 10.3 Å². The highest BCUT2D eigenvalue weighted by atomic mass is 32.2. The minimum atomic E-state index is -0.580. The van der Waals surface area contributed by atoms with Crippen molar-refractivity contribution >= 4 is 28.8 Å². The number of thioether (sulfide) groups is 1. The molecule has 9 nitrogen and oxygen atoms in total. The van der Waals surface area contributed by atoms with Gasteiger partial charge in [-0.05, 0) is 42.2 Å². The van der Waals surface area contributed by atoms with E-state index in [-0.39, 0.29) is 18.9 Å². The van der Waals surface area contributed by atoms with Crippen molar-refractivity contribution in [2.75, 3.05) is 21.3 Å². The second-order valence-electron chi connectivity index (χ2n) is 7.56. The van der Waals surface area contributed by atoms with Crippen LogP contribution in [0.25, 0.3) is 0 Å². The Morgan fingerprint density at radius 2 is 1.91 bits per heavy atom. The van der Waals surface area contributed by atoms with Gasteiger partial charge in [0.25, 0.3) is 0 Å². The molecule has 0 saturated carbocycles. The van der Waals surface area contributed by atoms with E-state index in [1.807, 2.05) is 22.4 Å². The molecule has 0 fully saturated rings. The molecule has 1 aromatic heterocycles. The van der Waals surface area contributed by atoms with E-state index in [0.717, 1.165) is 5.56 Å². The Hall–Kier alpha value is -3.66. The number of hydrogen-bond donors (Lipinski definition) is 1. The standard InChI is InChI=1S/C24H25N3O6S/c1-14-21(23(29)32-4)22(15-8-18(30-2)11-19(9-15)31-3)27-16(13-34-24(27)26-14)10-20(28)25-12-17-6-5-7-33-17/h5-9,11,13,22H,10,12H2,1-4H3,(H,25,28). The molecule has 1 N–H and O–H groups in total. The number of furan rings is 1. The first kappa shape index (κ1) is 23.5. The number of esters is 1. The summed E-state index contributed by atoms with van der Waals surface area (Å²) < 4.78 is 21.3. The number of carbonyl (C=O) groups is 2. The fourth-order valence-electron chi connectivity index (χ4n) is 3.87. The van der Waals surface area contributed by atoms with Crippen LogP contribution < -0.4 is 14.8 Å². The van der Waals surface area contributed by atoms with Gasteiger partial charge < -0.3 is 28.8 Å². The van der Waals surface area contributed by atoms with E-state index in [0.29, 0.717) is 39.4 Å². The van der Waals surface area contributed by atoms with E-state index in [1.165, 1.54) is 18.9 Å². The van der Waals surface area contributed by atoms with Crippen molar-refractivity contribution in [2.24, 2.45) is 4.99 Å². The van der Waals surface area contributed by atoms with Crippen LogP contribution >= 0.6 is 11.8 Å². The van der Waals surface area contributed by atoms with Crippen molar-refractivity contribution in [3.05, 3.63) is 70.3 Å². The Bertz CT molecular complexity index is 1160. The molecule has 1 amide bonds.